The molecule has 1 unspecified atom stereocenters. The van der Waals surface area contributed by atoms with E-state index in [9.17, 15) is 14.9 Å². The molecular weight excluding hydrogens is 332 g/mol. The maximum Gasteiger partial charge on any atom is 0.269 e. The topological polar surface area (TPSA) is 78.7 Å². The molecule has 2 aromatic carbocycles. The van der Waals surface area contributed by atoms with Gasteiger partial charge < -0.3 is 10.2 Å². The molecule has 1 atom stereocenters. The van der Waals surface area contributed by atoms with Gasteiger partial charge in [0.2, 0.25) is 5.91 Å². The van der Waals surface area contributed by atoms with Crippen molar-refractivity contribution in [2.45, 2.75) is 6.04 Å². The summed E-state index contributed by atoms with van der Waals surface area (Å²) in [6.07, 6.45) is 0. The zero-order valence-corrected chi connectivity index (χ0v) is 14.7. The highest BCUT2D eigenvalue weighted by molar-refractivity contribution is 5.95. The van der Waals surface area contributed by atoms with Crippen LogP contribution in [0.15, 0.2) is 54.6 Å². The number of piperazine rings is 1. The van der Waals surface area contributed by atoms with E-state index >= 15 is 0 Å². The SMILES string of the molecule is CN1CCN(C(C(=O)Nc2ccc([N+](=O)[O-])cc2)c2ccccc2)CC1. The predicted molar refractivity (Wildman–Crippen MR) is 100.0 cm³/mol. The molecule has 2 aromatic rings. The number of carbonyl (C=O) groups is 1. The van der Waals surface area contributed by atoms with Crippen LogP contribution < -0.4 is 5.32 Å². The summed E-state index contributed by atoms with van der Waals surface area (Å²) in [5.74, 6) is -0.130. The number of anilines is 1. The summed E-state index contributed by atoms with van der Waals surface area (Å²) in [4.78, 5) is 27.7. The van der Waals surface area contributed by atoms with Gasteiger partial charge in [-0.15, -0.1) is 0 Å². The molecule has 1 amide bonds. The van der Waals surface area contributed by atoms with Gasteiger partial charge in [0.15, 0.2) is 0 Å². The Bertz CT molecular complexity index is 756. The Balaban J connectivity index is 1.79. The summed E-state index contributed by atoms with van der Waals surface area (Å²) in [6.45, 7) is 3.44. The average Bonchev–Trinajstić information content (AvgIpc) is 2.65. The minimum Gasteiger partial charge on any atom is -0.324 e. The van der Waals surface area contributed by atoms with Crippen molar-refractivity contribution in [1.29, 1.82) is 0 Å². The molecule has 1 aliphatic heterocycles. The van der Waals surface area contributed by atoms with E-state index < -0.39 is 4.92 Å². The predicted octanol–water partition coefficient (Wildman–Crippen LogP) is 2.52. The lowest BCUT2D eigenvalue weighted by Gasteiger charge is -2.37. The fraction of sp³-hybridized carbons (Fsp3) is 0.316. The minimum atomic E-state index is -0.456. The van der Waals surface area contributed by atoms with Gasteiger partial charge in [-0.1, -0.05) is 30.3 Å². The molecule has 1 N–H and O–H groups in total. The van der Waals surface area contributed by atoms with Crippen LogP contribution in [-0.2, 0) is 4.79 Å². The highest BCUT2D eigenvalue weighted by atomic mass is 16.6. The molecule has 1 heterocycles. The van der Waals surface area contributed by atoms with E-state index in [0.717, 1.165) is 31.7 Å². The number of rotatable bonds is 5. The van der Waals surface area contributed by atoms with Gasteiger partial charge in [-0.05, 0) is 24.7 Å². The first-order chi connectivity index (χ1) is 12.5. The number of carbonyl (C=O) groups excluding carboxylic acids is 1. The molecule has 1 aliphatic rings. The van der Waals surface area contributed by atoms with Crippen molar-refractivity contribution in [2.24, 2.45) is 0 Å². The standard InChI is InChI=1S/C19H22N4O3/c1-21-11-13-22(14-12-21)18(15-5-3-2-4-6-15)19(24)20-16-7-9-17(10-8-16)23(25)26/h2-10,18H,11-14H2,1H3,(H,20,24). The van der Waals surface area contributed by atoms with Crippen molar-refractivity contribution in [2.75, 3.05) is 38.5 Å². The molecular formula is C19H22N4O3. The Morgan fingerprint density at radius 3 is 2.23 bits per heavy atom. The van der Waals surface area contributed by atoms with E-state index in [2.05, 4.69) is 22.2 Å². The summed E-state index contributed by atoms with van der Waals surface area (Å²) < 4.78 is 0. The van der Waals surface area contributed by atoms with E-state index in [1.165, 1.54) is 12.1 Å². The van der Waals surface area contributed by atoms with E-state index in [-0.39, 0.29) is 17.6 Å². The Morgan fingerprint density at radius 2 is 1.65 bits per heavy atom. The molecule has 0 aromatic heterocycles. The summed E-state index contributed by atoms with van der Waals surface area (Å²) in [7, 11) is 2.08. The van der Waals surface area contributed by atoms with E-state index in [0.29, 0.717) is 5.69 Å². The van der Waals surface area contributed by atoms with Gasteiger partial charge in [0, 0.05) is 44.0 Å². The van der Waals surface area contributed by atoms with Crippen LogP contribution in [0.5, 0.6) is 0 Å². The zero-order chi connectivity index (χ0) is 18.5. The highest BCUT2D eigenvalue weighted by Gasteiger charge is 2.29. The number of amides is 1. The molecule has 7 heteroatoms. The number of nitro groups is 1. The molecule has 136 valence electrons. The van der Waals surface area contributed by atoms with E-state index in [4.69, 9.17) is 0 Å². The second-order valence-electron chi connectivity index (χ2n) is 6.45. The fourth-order valence-corrected chi connectivity index (χ4v) is 3.12. The normalized spacial score (nSPS) is 16.8. The molecule has 7 nitrogen and oxygen atoms in total. The Hall–Kier alpha value is -2.77. The fourth-order valence-electron chi connectivity index (χ4n) is 3.12. The van der Waals surface area contributed by atoms with Crippen molar-refractivity contribution in [3.8, 4) is 0 Å². The smallest absolute Gasteiger partial charge is 0.269 e. The largest absolute Gasteiger partial charge is 0.324 e. The summed E-state index contributed by atoms with van der Waals surface area (Å²) in [6, 6.07) is 15.2. The van der Waals surface area contributed by atoms with Crippen molar-refractivity contribution in [1.82, 2.24) is 9.80 Å². The number of hydrogen-bond acceptors (Lipinski definition) is 5. The lowest BCUT2D eigenvalue weighted by molar-refractivity contribution is -0.384. The van der Waals surface area contributed by atoms with Crippen LogP contribution in [0.3, 0.4) is 0 Å². The number of nitrogens with one attached hydrogen (secondary N) is 1. The number of benzene rings is 2. The van der Waals surface area contributed by atoms with Gasteiger partial charge in [0.25, 0.3) is 5.69 Å². The van der Waals surface area contributed by atoms with Crippen molar-refractivity contribution >= 4 is 17.3 Å². The third kappa shape index (κ3) is 4.25. The number of nitrogens with zero attached hydrogens (tertiary/aromatic N) is 3. The van der Waals surface area contributed by atoms with Crippen LogP contribution in [0.2, 0.25) is 0 Å². The van der Waals surface area contributed by atoms with E-state index in [1.54, 1.807) is 12.1 Å². The van der Waals surface area contributed by atoms with Gasteiger partial charge in [0.1, 0.15) is 6.04 Å². The molecule has 1 fully saturated rings. The van der Waals surface area contributed by atoms with Gasteiger partial charge in [-0.2, -0.15) is 0 Å². The number of non-ortho nitro benzene ring substituents is 1. The monoisotopic (exact) mass is 354 g/mol. The minimum absolute atomic E-state index is 0.00155. The number of likely N-dealkylation sites (N-methyl/N-ethyl adjacent to an activating group) is 1. The third-order valence-electron chi connectivity index (χ3n) is 4.61. The quantitative estimate of drug-likeness (QED) is 0.659. The van der Waals surface area contributed by atoms with Crippen LogP contribution in [0.4, 0.5) is 11.4 Å². The number of hydrogen-bond donors (Lipinski definition) is 1. The average molecular weight is 354 g/mol. The molecule has 0 spiro atoms. The van der Waals surface area contributed by atoms with Crippen molar-refractivity contribution < 1.29 is 9.72 Å². The first-order valence-electron chi connectivity index (χ1n) is 8.57. The van der Waals surface area contributed by atoms with Crippen molar-refractivity contribution in [3.63, 3.8) is 0 Å². The maximum absolute atomic E-state index is 13.0. The molecule has 0 bridgehead atoms. The Labute approximate surface area is 152 Å². The maximum atomic E-state index is 13.0. The van der Waals surface area contributed by atoms with Gasteiger partial charge in [-0.3, -0.25) is 19.8 Å². The number of nitro benzene ring substituents is 1. The lowest BCUT2D eigenvalue weighted by Crippen LogP contribution is -2.48. The molecule has 3 rings (SSSR count). The van der Waals surface area contributed by atoms with Gasteiger partial charge in [-0.25, -0.2) is 0 Å². The molecule has 0 saturated carbocycles. The first-order valence-corrected chi connectivity index (χ1v) is 8.57. The zero-order valence-electron chi connectivity index (χ0n) is 14.7. The summed E-state index contributed by atoms with van der Waals surface area (Å²) in [5.41, 5.74) is 1.49. The second-order valence-corrected chi connectivity index (χ2v) is 6.45. The lowest BCUT2D eigenvalue weighted by atomic mass is 10.0. The van der Waals surface area contributed by atoms with Crippen molar-refractivity contribution in [3.05, 3.63) is 70.3 Å². The third-order valence-corrected chi connectivity index (χ3v) is 4.61. The molecule has 1 saturated heterocycles. The Morgan fingerprint density at radius 1 is 1.04 bits per heavy atom. The van der Waals surface area contributed by atoms with Gasteiger partial charge >= 0.3 is 0 Å². The molecule has 0 aliphatic carbocycles. The second kappa shape index (κ2) is 8.07. The van der Waals surface area contributed by atoms with Crippen LogP contribution in [0.25, 0.3) is 0 Å². The highest BCUT2D eigenvalue weighted by Crippen LogP contribution is 2.24. The summed E-state index contributed by atoms with van der Waals surface area (Å²) >= 11 is 0. The van der Waals surface area contributed by atoms with E-state index in [1.807, 2.05) is 30.3 Å². The van der Waals surface area contributed by atoms with Crippen LogP contribution in [-0.4, -0.2) is 53.9 Å². The van der Waals surface area contributed by atoms with Crippen LogP contribution >= 0.6 is 0 Å². The van der Waals surface area contributed by atoms with Crippen LogP contribution in [0, 0.1) is 10.1 Å². The first kappa shape index (κ1) is 18.0. The Kier molecular flexibility index (Phi) is 5.60. The molecule has 26 heavy (non-hydrogen) atoms. The van der Waals surface area contributed by atoms with Crippen LogP contribution in [0.1, 0.15) is 11.6 Å². The van der Waals surface area contributed by atoms with Gasteiger partial charge in [0.05, 0.1) is 4.92 Å². The summed E-state index contributed by atoms with van der Waals surface area (Å²) in [5, 5.41) is 13.7. The molecule has 0 radical (unpaired) electrons.